The summed E-state index contributed by atoms with van der Waals surface area (Å²) in [7, 11) is 0. The van der Waals surface area contributed by atoms with Crippen LogP contribution in [0.15, 0.2) is 18.3 Å². The topological polar surface area (TPSA) is 67.5 Å². The summed E-state index contributed by atoms with van der Waals surface area (Å²) in [4.78, 5) is 10.6. The number of carboxylic acid groups (broad SMARTS) is 1. The van der Waals surface area contributed by atoms with Gasteiger partial charge in [0.05, 0.1) is 16.8 Å². The zero-order chi connectivity index (χ0) is 9.42. The molecule has 0 aliphatic rings. The lowest BCUT2D eigenvalue weighted by Gasteiger charge is -1.94. The SMILES string of the molecule is Cc1nnn2cc(C(=O)O)ccc12. The maximum Gasteiger partial charge on any atom is 0.337 e. The fraction of sp³-hybridized carbons (Fsp3) is 0.125. The first-order valence-electron chi connectivity index (χ1n) is 3.73. The molecular formula is C8H7N3O2. The molecule has 0 aliphatic carbocycles. The summed E-state index contributed by atoms with van der Waals surface area (Å²) in [6, 6.07) is 3.23. The molecule has 0 aliphatic heterocycles. The molecule has 2 aromatic rings. The normalized spacial score (nSPS) is 10.5. The van der Waals surface area contributed by atoms with Crippen LogP contribution >= 0.6 is 0 Å². The number of aromatic nitrogens is 3. The van der Waals surface area contributed by atoms with Crippen LogP contribution in [0.25, 0.3) is 5.52 Å². The van der Waals surface area contributed by atoms with Crippen molar-refractivity contribution in [3.05, 3.63) is 29.6 Å². The van der Waals surface area contributed by atoms with Crippen molar-refractivity contribution >= 4 is 11.5 Å². The Hall–Kier alpha value is -1.91. The van der Waals surface area contributed by atoms with E-state index < -0.39 is 5.97 Å². The molecule has 2 heterocycles. The summed E-state index contributed by atoms with van der Waals surface area (Å²) in [6.07, 6.45) is 1.44. The van der Waals surface area contributed by atoms with Gasteiger partial charge in [0.15, 0.2) is 0 Å². The summed E-state index contributed by atoms with van der Waals surface area (Å²) in [6.45, 7) is 1.82. The van der Waals surface area contributed by atoms with Gasteiger partial charge >= 0.3 is 5.97 Å². The molecule has 0 unspecified atom stereocenters. The largest absolute Gasteiger partial charge is 0.478 e. The lowest BCUT2D eigenvalue weighted by Crippen LogP contribution is -1.99. The van der Waals surface area contributed by atoms with Crippen molar-refractivity contribution in [3.63, 3.8) is 0 Å². The average Bonchev–Trinajstić information content (AvgIpc) is 2.47. The highest BCUT2D eigenvalue weighted by molar-refractivity contribution is 5.87. The van der Waals surface area contributed by atoms with E-state index in [1.54, 1.807) is 6.07 Å². The van der Waals surface area contributed by atoms with Gasteiger partial charge in [0.25, 0.3) is 0 Å². The molecule has 0 atom stereocenters. The second-order valence-electron chi connectivity index (χ2n) is 2.73. The molecule has 2 rings (SSSR count). The number of carboxylic acids is 1. The zero-order valence-electron chi connectivity index (χ0n) is 6.93. The summed E-state index contributed by atoms with van der Waals surface area (Å²) >= 11 is 0. The number of pyridine rings is 1. The zero-order valence-corrected chi connectivity index (χ0v) is 6.93. The van der Waals surface area contributed by atoms with Crippen molar-refractivity contribution in [1.29, 1.82) is 0 Å². The number of aryl methyl sites for hydroxylation is 1. The molecule has 0 amide bonds. The van der Waals surface area contributed by atoms with E-state index in [9.17, 15) is 4.79 Å². The van der Waals surface area contributed by atoms with Crippen LogP contribution in [-0.2, 0) is 0 Å². The highest BCUT2D eigenvalue weighted by Gasteiger charge is 2.05. The van der Waals surface area contributed by atoms with E-state index >= 15 is 0 Å². The maximum absolute atomic E-state index is 10.6. The smallest absolute Gasteiger partial charge is 0.337 e. The van der Waals surface area contributed by atoms with Crippen LogP contribution in [0.2, 0.25) is 0 Å². The molecule has 0 fully saturated rings. The fourth-order valence-corrected chi connectivity index (χ4v) is 1.14. The number of nitrogens with zero attached hydrogens (tertiary/aromatic N) is 3. The third-order valence-electron chi connectivity index (χ3n) is 1.84. The van der Waals surface area contributed by atoms with E-state index in [1.807, 2.05) is 6.92 Å². The third-order valence-corrected chi connectivity index (χ3v) is 1.84. The van der Waals surface area contributed by atoms with Crippen molar-refractivity contribution in [3.8, 4) is 0 Å². The molecular weight excluding hydrogens is 170 g/mol. The average molecular weight is 177 g/mol. The Labute approximate surface area is 73.6 Å². The second-order valence-corrected chi connectivity index (χ2v) is 2.73. The summed E-state index contributed by atoms with van der Waals surface area (Å²) < 4.78 is 1.46. The number of fused-ring (bicyclic) bond motifs is 1. The van der Waals surface area contributed by atoms with Crippen molar-refractivity contribution in [2.24, 2.45) is 0 Å². The number of carbonyl (C=O) groups is 1. The van der Waals surface area contributed by atoms with Gasteiger partial charge in [-0.15, -0.1) is 5.10 Å². The van der Waals surface area contributed by atoms with Gasteiger partial charge in [-0.2, -0.15) is 0 Å². The molecule has 13 heavy (non-hydrogen) atoms. The van der Waals surface area contributed by atoms with Gasteiger partial charge in [0, 0.05) is 6.20 Å². The van der Waals surface area contributed by atoms with Crippen LogP contribution in [0.3, 0.4) is 0 Å². The second kappa shape index (κ2) is 2.55. The summed E-state index contributed by atoms with van der Waals surface area (Å²) in [5, 5.41) is 16.3. The molecule has 2 aromatic heterocycles. The van der Waals surface area contributed by atoms with Crippen LogP contribution in [0.5, 0.6) is 0 Å². The number of hydrogen-bond donors (Lipinski definition) is 1. The van der Waals surface area contributed by atoms with Crippen LogP contribution in [0.4, 0.5) is 0 Å². The van der Waals surface area contributed by atoms with Crippen molar-refractivity contribution in [2.75, 3.05) is 0 Å². The fourth-order valence-electron chi connectivity index (χ4n) is 1.14. The number of hydrogen-bond acceptors (Lipinski definition) is 3. The quantitative estimate of drug-likeness (QED) is 0.697. The number of rotatable bonds is 1. The highest BCUT2D eigenvalue weighted by Crippen LogP contribution is 2.07. The minimum absolute atomic E-state index is 0.206. The Morgan fingerprint density at radius 1 is 1.54 bits per heavy atom. The van der Waals surface area contributed by atoms with Gasteiger partial charge < -0.3 is 5.11 Å². The number of aromatic carboxylic acids is 1. The van der Waals surface area contributed by atoms with E-state index in [2.05, 4.69) is 10.3 Å². The van der Waals surface area contributed by atoms with E-state index in [0.29, 0.717) is 0 Å². The Morgan fingerprint density at radius 3 is 3.00 bits per heavy atom. The Balaban J connectivity index is 2.70. The lowest BCUT2D eigenvalue weighted by molar-refractivity contribution is 0.0696. The van der Waals surface area contributed by atoms with E-state index in [1.165, 1.54) is 16.8 Å². The Bertz CT molecular complexity index is 475. The predicted octanol–water partition coefficient (Wildman–Crippen LogP) is 0.736. The Kier molecular flexibility index (Phi) is 1.51. The molecule has 0 saturated heterocycles. The van der Waals surface area contributed by atoms with Gasteiger partial charge in [0.1, 0.15) is 0 Å². The molecule has 0 bridgehead atoms. The van der Waals surface area contributed by atoms with Crippen LogP contribution < -0.4 is 0 Å². The third kappa shape index (κ3) is 1.14. The van der Waals surface area contributed by atoms with E-state index in [-0.39, 0.29) is 5.56 Å². The van der Waals surface area contributed by atoms with Gasteiger partial charge in [0.2, 0.25) is 0 Å². The van der Waals surface area contributed by atoms with Crippen LogP contribution in [-0.4, -0.2) is 25.9 Å². The minimum Gasteiger partial charge on any atom is -0.478 e. The predicted molar refractivity (Wildman–Crippen MR) is 44.7 cm³/mol. The van der Waals surface area contributed by atoms with Gasteiger partial charge in [-0.1, -0.05) is 5.21 Å². The Morgan fingerprint density at radius 2 is 2.31 bits per heavy atom. The monoisotopic (exact) mass is 177 g/mol. The van der Waals surface area contributed by atoms with Crippen molar-refractivity contribution in [1.82, 2.24) is 14.8 Å². The van der Waals surface area contributed by atoms with Crippen molar-refractivity contribution < 1.29 is 9.90 Å². The maximum atomic E-state index is 10.6. The standard InChI is InChI=1S/C8H7N3O2/c1-5-7-3-2-6(8(12)13)4-11(7)10-9-5/h2-4H,1H3,(H,12,13). The first-order chi connectivity index (χ1) is 6.18. The van der Waals surface area contributed by atoms with Gasteiger partial charge in [-0.25, -0.2) is 9.31 Å². The first kappa shape index (κ1) is 7.72. The molecule has 0 radical (unpaired) electrons. The molecule has 0 spiro atoms. The molecule has 5 nitrogen and oxygen atoms in total. The summed E-state index contributed by atoms with van der Waals surface area (Å²) in [5.41, 5.74) is 1.82. The minimum atomic E-state index is -0.963. The molecule has 66 valence electrons. The van der Waals surface area contributed by atoms with Crippen LogP contribution in [0, 0.1) is 6.92 Å². The lowest BCUT2D eigenvalue weighted by atomic mass is 10.2. The van der Waals surface area contributed by atoms with Crippen LogP contribution in [0.1, 0.15) is 16.1 Å². The highest BCUT2D eigenvalue weighted by atomic mass is 16.4. The summed E-state index contributed by atoms with van der Waals surface area (Å²) in [5.74, 6) is -0.963. The first-order valence-corrected chi connectivity index (χ1v) is 3.73. The van der Waals surface area contributed by atoms with E-state index in [4.69, 9.17) is 5.11 Å². The van der Waals surface area contributed by atoms with Gasteiger partial charge in [-0.05, 0) is 19.1 Å². The van der Waals surface area contributed by atoms with Gasteiger partial charge in [-0.3, -0.25) is 0 Å². The molecule has 5 heteroatoms. The molecule has 0 saturated carbocycles. The van der Waals surface area contributed by atoms with Crippen molar-refractivity contribution in [2.45, 2.75) is 6.92 Å². The molecule has 0 aromatic carbocycles. The molecule has 1 N–H and O–H groups in total. The van der Waals surface area contributed by atoms with E-state index in [0.717, 1.165) is 11.2 Å².